The SMILES string of the molecule is COc1ccc(CN2C(=O)[C@@H]3[C@@H](c4ccc(C)cc4)OC4(C(=O)c5ccccc5C4=O)[C@H]3C2=O)cc1. The van der Waals surface area contributed by atoms with Crippen LogP contribution in [0.15, 0.2) is 72.8 Å². The van der Waals surface area contributed by atoms with Gasteiger partial charge in [-0.05, 0) is 30.2 Å². The number of Topliss-reactive ketones (excluding diaryl/α,β-unsaturated/α-hetero) is 2. The van der Waals surface area contributed by atoms with Gasteiger partial charge in [0, 0.05) is 11.1 Å². The van der Waals surface area contributed by atoms with Gasteiger partial charge in [-0.25, -0.2) is 0 Å². The molecule has 3 aliphatic rings. The zero-order valence-electron chi connectivity index (χ0n) is 19.8. The van der Waals surface area contributed by atoms with Crippen molar-refractivity contribution in [3.05, 3.63) is 101 Å². The fourth-order valence-electron chi connectivity index (χ4n) is 5.70. The van der Waals surface area contributed by atoms with Crippen molar-refractivity contribution in [2.45, 2.75) is 25.2 Å². The fraction of sp³-hybridized carbons (Fsp3) is 0.241. The lowest BCUT2D eigenvalue weighted by atomic mass is 9.77. The number of benzene rings is 3. The van der Waals surface area contributed by atoms with Crippen molar-refractivity contribution in [2.24, 2.45) is 11.8 Å². The van der Waals surface area contributed by atoms with Crippen LogP contribution >= 0.6 is 0 Å². The van der Waals surface area contributed by atoms with Gasteiger partial charge in [0.1, 0.15) is 5.75 Å². The predicted octanol–water partition coefficient (Wildman–Crippen LogP) is 3.69. The number of amides is 2. The van der Waals surface area contributed by atoms with Gasteiger partial charge in [-0.2, -0.15) is 0 Å². The van der Waals surface area contributed by atoms with Crippen molar-refractivity contribution < 1.29 is 28.7 Å². The average molecular weight is 482 g/mol. The van der Waals surface area contributed by atoms with Gasteiger partial charge < -0.3 is 9.47 Å². The first-order valence-electron chi connectivity index (χ1n) is 11.8. The third-order valence-electron chi connectivity index (χ3n) is 7.52. The Morgan fingerprint density at radius 1 is 0.833 bits per heavy atom. The number of carbonyl (C=O) groups excluding carboxylic acids is 4. The number of ketones is 2. The van der Waals surface area contributed by atoms with Crippen LogP contribution in [0.25, 0.3) is 0 Å². The molecule has 2 aliphatic heterocycles. The molecular formula is C29H23NO6. The maximum Gasteiger partial charge on any atom is 0.237 e. The topological polar surface area (TPSA) is 90.0 Å². The third kappa shape index (κ3) is 2.96. The summed E-state index contributed by atoms with van der Waals surface area (Å²) in [6.45, 7) is 1.96. The summed E-state index contributed by atoms with van der Waals surface area (Å²) < 4.78 is 11.5. The van der Waals surface area contributed by atoms with Crippen molar-refractivity contribution >= 4 is 23.4 Å². The van der Waals surface area contributed by atoms with Crippen molar-refractivity contribution in [1.29, 1.82) is 0 Å². The second-order valence-corrected chi connectivity index (χ2v) is 9.50. The molecule has 2 saturated heterocycles. The first-order chi connectivity index (χ1) is 17.4. The molecule has 3 aromatic carbocycles. The fourth-order valence-corrected chi connectivity index (χ4v) is 5.70. The number of aryl methyl sites for hydroxylation is 1. The number of ether oxygens (including phenoxy) is 2. The molecule has 0 unspecified atom stereocenters. The monoisotopic (exact) mass is 481 g/mol. The molecule has 1 aliphatic carbocycles. The quantitative estimate of drug-likeness (QED) is 0.417. The van der Waals surface area contributed by atoms with Gasteiger partial charge in [0.25, 0.3) is 0 Å². The van der Waals surface area contributed by atoms with Crippen LogP contribution in [-0.2, 0) is 20.9 Å². The van der Waals surface area contributed by atoms with Gasteiger partial charge in [-0.15, -0.1) is 0 Å². The van der Waals surface area contributed by atoms with E-state index in [9.17, 15) is 19.2 Å². The van der Waals surface area contributed by atoms with E-state index >= 15 is 0 Å². The minimum absolute atomic E-state index is 0.0285. The zero-order chi connectivity index (χ0) is 25.2. The lowest BCUT2D eigenvalue weighted by Gasteiger charge is -2.27. The van der Waals surface area contributed by atoms with Gasteiger partial charge in [-0.1, -0.05) is 66.2 Å². The maximum absolute atomic E-state index is 13.9. The number of hydrogen-bond acceptors (Lipinski definition) is 6. The van der Waals surface area contributed by atoms with E-state index in [1.165, 1.54) is 0 Å². The molecule has 2 fully saturated rings. The normalized spacial score (nSPS) is 23.9. The Morgan fingerprint density at radius 2 is 1.44 bits per heavy atom. The molecule has 0 N–H and O–H groups in total. The van der Waals surface area contributed by atoms with E-state index in [2.05, 4.69) is 0 Å². The standard InChI is InChI=1S/C29H23NO6/c1-16-7-11-18(12-8-16)24-22-23(29(36-24)25(31)20-5-3-4-6-21(20)26(29)32)28(34)30(27(22)33)15-17-9-13-19(35-2)14-10-17/h3-14,22-24H,15H2,1-2H3/t22-,23+,24+/m0/s1. The van der Waals surface area contributed by atoms with Crippen LogP contribution in [0.2, 0.25) is 0 Å². The summed E-state index contributed by atoms with van der Waals surface area (Å²) in [5, 5.41) is 0. The van der Waals surface area contributed by atoms with Crippen LogP contribution in [0, 0.1) is 18.8 Å². The average Bonchev–Trinajstić information content (AvgIpc) is 3.46. The summed E-state index contributed by atoms with van der Waals surface area (Å²) in [6, 6.07) is 20.9. The predicted molar refractivity (Wildman–Crippen MR) is 128 cm³/mol. The summed E-state index contributed by atoms with van der Waals surface area (Å²) in [6.07, 6.45) is -0.907. The summed E-state index contributed by atoms with van der Waals surface area (Å²) >= 11 is 0. The van der Waals surface area contributed by atoms with Crippen molar-refractivity contribution in [1.82, 2.24) is 4.90 Å². The second-order valence-electron chi connectivity index (χ2n) is 9.50. The summed E-state index contributed by atoms with van der Waals surface area (Å²) in [5.41, 5.74) is 0.784. The largest absolute Gasteiger partial charge is 0.497 e. The highest BCUT2D eigenvalue weighted by atomic mass is 16.5. The Bertz CT molecular complexity index is 1390. The molecule has 7 heteroatoms. The lowest BCUT2D eigenvalue weighted by Crippen LogP contribution is -2.50. The van der Waals surface area contributed by atoms with Crippen molar-refractivity contribution in [3.8, 4) is 5.75 Å². The van der Waals surface area contributed by atoms with Crippen LogP contribution in [0.5, 0.6) is 5.75 Å². The Labute approximate surface area is 207 Å². The van der Waals surface area contributed by atoms with E-state index in [1.54, 1.807) is 55.6 Å². The Balaban J connectivity index is 1.45. The highest BCUT2D eigenvalue weighted by Crippen LogP contribution is 2.57. The summed E-state index contributed by atoms with van der Waals surface area (Å²) in [5.74, 6) is -3.69. The van der Waals surface area contributed by atoms with Crippen LogP contribution in [-0.4, -0.2) is 41.0 Å². The molecule has 7 nitrogen and oxygen atoms in total. The van der Waals surface area contributed by atoms with E-state index in [1.807, 2.05) is 31.2 Å². The van der Waals surface area contributed by atoms with Crippen LogP contribution in [0.3, 0.4) is 0 Å². The zero-order valence-corrected chi connectivity index (χ0v) is 19.8. The molecule has 0 radical (unpaired) electrons. The third-order valence-corrected chi connectivity index (χ3v) is 7.52. The molecule has 3 atom stereocenters. The van der Waals surface area contributed by atoms with Crippen LogP contribution in [0.1, 0.15) is 43.5 Å². The minimum Gasteiger partial charge on any atom is -0.497 e. The van der Waals surface area contributed by atoms with Gasteiger partial charge in [0.05, 0.1) is 31.6 Å². The first-order valence-corrected chi connectivity index (χ1v) is 11.8. The second kappa shape index (κ2) is 7.96. The molecule has 0 saturated carbocycles. The molecule has 0 bridgehead atoms. The maximum atomic E-state index is 13.9. The van der Waals surface area contributed by atoms with Gasteiger partial charge >= 0.3 is 0 Å². The number of fused-ring (bicyclic) bond motifs is 3. The summed E-state index contributed by atoms with van der Waals surface area (Å²) in [4.78, 5) is 56.3. The van der Waals surface area contributed by atoms with Crippen molar-refractivity contribution in [3.63, 3.8) is 0 Å². The van der Waals surface area contributed by atoms with Crippen molar-refractivity contribution in [2.75, 3.05) is 7.11 Å². The molecule has 0 aromatic heterocycles. The number of methoxy groups -OCH3 is 1. The molecule has 36 heavy (non-hydrogen) atoms. The number of likely N-dealkylation sites (tertiary alicyclic amines) is 1. The van der Waals surface area contributed by atoms with Crippen LogP contribution in [0.4, 0.5) is 0 Å². The first kappa shape index (κ1) is 22.4. The van der Waals surface area contributed by atoms with Gasteiger partial charge in [-0.3, -0.25) is 24.1 Å². The Morgan fingerprint density at radius 3 is 2.03 bits per heavy atom. The van der Waals surface area contributed by atoms with E-state index in [4.69, 9.17) is 9.47 Å². The van der Waals surface area contributed by atoms with E-state index < -0.39 is 46.9 Å². The van der Waals surface area contributed by atoms with Gasteiger partial charge in [0.2, 0.25) is 29.0 Å². The highest BCUT2D eigenvalue weighted by Gasteiger charge is 2.74. The molecule has 2 heterocycles. The van der Waals surface area contributed by atoms with E-state index in [0.29, 0.717) is 11.3 Å². The smallest absolute Gasteiger partial charge is 0.237 e. The number of carbonyl (C=O) groups is 4. The minimum atomic E-state index is -2.05. The molecule has 1 spiro atoms. The number of hydrogen-bond donors (Lipinski definition) is 0. The number of imide groups is 1. The molecule has 6 rings (SSSR count). The Kier molecular flexibility index (Phi) is 4.95. The number of nitrogens with zero attached hydrogens (tertiary/aromatic N) is 1. The molecule has 3 aromatic rings. The van der Waals surface area contributed by atoms with E-state index in [0.717, 1.165) is 16.0 Å². The molecule has 180 valence electrons. The van der Waals surface area contributed by atoms with E-state index in [-0.39, 0.29) is 17.7 Å². The number of rotatable bonds is 4. The van der Waals surface area contributed by atoms with Crippen LogP contribution < -0.4 is 4.74 Å². The summed E-state index contributed by atoms with van der Waals surface area (Å²) in [7, 11) is 1.56. The lowest BCUT2D eigenvalue weighted by molar-refractivity contribution is -0.145. The molecule has 2 amide bonds. The highest BCUT2D eigenvalue weighted by molar-refractivity contribution is 6.35. The Hall–Kier alpha value is -4.10. The van der Waals surface area contributed by atoms with Gasteiger partial charge in [0.15, 0.2) is 0 Å². The molecular weight excluding hydrogens is 458 g/mol.